The van der Waals surface area contributed by atoms with Crippen LogP contribution in [0.25, 0.3) is 6.08 Å². The van der Waals surface area contributed by atoms with E-state index in [9.17, 15) is 4.79 Å². The number of furan rings is 1. The van der Waals surface area contributed by atoms with Gasteiger partial charge in [0, 0.05) is 43.3 Å². The number of piperidine rings is 1. The number of benzene rings is 1. The third-order valence-corrected chi connectivity index (χ3v) is 8.58. The fraction of sp³-hybridized carbons (Fsp3) is 0.552. The standard InChI is InChI=1S/C29H38N2O4/c1-21-23(12-16-35-21)9-10-27(32)30-25-11-13-29(34-3)20-31(19-22-7-8-22)15-14-28(29,18-25)24-5-4-6-26(17-24)33-2/h4-6,9-10,12,16-17,22,25H,7-8,11,13-15,18-20H2,1-3H3,(H,30,32)/t25-,28-,29-/m0/s1. The lowest BCUT2D eigenvalue weighted by atomic mass is 9.55. The van der Waals surface area contributed by atoms with Gasteiger partial charge in [-0.3, -0.25) is 4.79 Å². The Morgan fingerprint density at radius 1 is 1.23 bits per heavy atom. The first kappa shape index (κ1) is 24.1. The number of carbonyl (C=O) groups is 1. The fourth-order valence-electron chi connectivity index (χ4n) is 6.44. The molecule has 2 aliphatic carbocycles. The predicted octanol–water partition coefficient (Wildman–Crippen LogP) is 4.72. The molecule has 35 heavy (non-hydrogen) atoms. The molecule has 1 aliphatic heterocycles. The molecule has 0 radical (unpaired) electrons. The number of methoxy groups -OCH3 is 2. The Morgan fingerprint density at radius 3 is 2.80 bits per heavy atom. The number of rotatable bonds is 8. The van der Waals surface area contributed by atoms with Crippen molar-refractivity contribution in [2.45, 2.75) is 62.5 Å². The molecule has 1 amide bonds. The van der Waals surface area contributed by atoms with E-state index in [1.165, 1.54) is 24.9 Å². The van der Waals surface area contributed by atoms with Crippen LogP contribution in [0.4, 0.5) is 0 Å². The zero-order chi connectivity index (χ0) is 24.5. The van der Waals surface area contributed by atoms with E-state index >= 15 is 0 Å². The van der Waals surface area contributed by atoms with Gasteiger partial charge in [-0.05, 0) is 87.7 Å². The number of fused-ring (bicyclic) bond motifs is 1. The molecule has 188 valence electrons. The van der Waals surface area contributed by atoms with Gasteiger partial charge in [0.1, 0.15) is 11.5 Å². The molecular formula is C29H38N2O4. The highest BCUT2D eigenvalue weighted by Crippen LogP contribution is 2.54. The first-order valence-electron chi connectivity index (χ1n) is 12.9. The number of likely N-dealkylation sites (tertiary alicyclic amines) is 1. The Morgan fingerprint density at radius 2 is 2.09 bits per heavy atom. The van der Waals surface area contributed by atoms with Crippen molar-refractivity contribution in [2.75, 3.05) is 33.9 Å². The van der Waals surface area contributed by atoms with E-state index in [2.05, 4.69) is 28.4 Å². The molecule has 1 saturated heterocycles. The second-order valence-corrected chi connectivity index (χ2v) is 10.7. The van der Waals surface area contributed by atoms with Gasteiger partial charge in [-0.25, -0.2) is 0 Å². The highest BCUT2D eigenvalue weighted by Gasteiger charge is 2.59. The number of aryl methyl sites for hydroxylation is 1. The van der Waals surface area contributed by atoms with Crippen LogP contribution in [0.2, 0.25) is 0 Å². The fourth-order valence-corrected chi connectivity index (χ4v) is 6.44. The summed E-state index contributed by atoms with van der Waals surface area (Å²) in [5.74, 6) is 2.47. The Hall–Kier alpha value is -2.57. The predicted molar refractivity (Wildman–Crippen MR) is 136 cm³/mol. The Balaban J connectivity index is 1.40. The van der Waals surface area contributed by atoms with E-state index in [4.69, 9.17) is 13.9 Å². The third-order valence-electron chi connectivity index (χ3n) is 8.58. The largest absolute Gasteiger partial charge is 0.497 e. The van der Waals surface area contributed by atoms with Gasteiger partial charge in [0.05, 0.1) is 19.0 Å². The lowest BCUT2D eigenvalue weighted by molar-refractivity contribution is -0.150. The maximum Gasteiger partial charge on any atom is 0.244 e. The number of carbonyl (C=O) groups excluding carboxylic acids is 1. The maximum atomic E-state index is 12.9. The molecule has 2 heterocycles. The van der Waals surface area contributed by atoms with Crippen molar-refractivity contribution in [1.82, 2.24) is 10.2 Å². The monoisotopic (exact) mass is 478 g/mol. The maximum absolute atomic E-state index is 12.9. The van der Waals surface area contributed by atoms with Crippen molar-refractivity contribution in [3.8, 4) is 5.75 Å². The molecule has 3 fully saturated rings. The summed E-state index contributed by atoms with van der Waals surface area (Å²) >= 11 is 0. The van der Waals surface area contributed by atoms with Crippen LogP contribution in [0.3, 0.4) is 0 Å². The average Bonchev–Trinajstić information content (AvgIpc) is 3.60. The normalized spacial score (nSPS) is 29.2. The number of hydrogen-bond acceptors (Lipinski definition) is 5. The van der Waals surface area contributed by atoms with Gasteiger partial charge in [0.25, 0.3) is 0 Å². The first-order chi connectivity index (χ1) is 17.0. The van der Waals surface area contributed by atoms with E-state index in [1.54, 1.807) is 19.4 Å². The lowest BCUT2D eigenvalue weighted by Crippen LogP contribution is -2.68. The first-order valence-corrected chi connectivity index (χ1v) is 12.9. The number of nitrogens with one attached hydrogen (secondary N) is 1. The van der Waals surface area contributed by atoms with Crippen molar-refractivity contribution in [2.24, 2.45) is 5.92 Å². The molecule has 0 spiro atoms. The van der Waals surface area contributed by atoms with E-state index in [-0.39, 0.29) is 23.0 Å². The molecule has 3 atom stereocenters. The molecule has 1 aromatic heterocycles. The highest BCUT2D eigenvalue weighted by atomic mass is 16.5. The van der Waals surface area contributed by atoms with E-state index < -0.39 is 0 Å². The van der Waals surface area contributed by atoms with Gasteiger partial charge in [0.2, 0.25) is 5.91 Å². The number of ether oxygens (including phenoxy) is 2. The summed E-state index contributed by atoms with van der Waals surface area (Å²) in [6.07, 6.45) is 11.5. The summed E-state index contributed by atoms with van der Waals surface area (Å²) < 4.78 is 17.4. The second-order valence-electron chi connectivity index (χ2n) is 10.7. The summed E-state index contributed by atoms with van der Waals surface area (Å²) in [6, 6.07) is 10.4. The van der Waals surface area contributed by atoms with Crippen LogP contribution in [0.15, 0.2) is 47.1 Å². The molecule has 2 aromatic rings. The zero-order valence-electron chi connectivity index (χ0n) is 21.2. The topological polar surface area (TPSA) is 63.9 Å². The number of nitrogens with zero attached hydrogens (tertiary/aromatic N) is 1. The second kappa shape index (κ2) is 9.82. The zero-order valence-corrected chi connectivity index (χ0v) is 21.2. The molecule has 3 aliphatic rings. The summed E-state index contributed by atoms with van der Waals surface area (Å²) in [5, 5.41) is 3.29. The van der Waals surface area contributed by atoms with Crippen LogP contribution in [-0.4, -0.2) is 56.3 Å². The quantitative estimate of drug-likeness (QED) is 0.557. The highest BCUT2D eigenvalue weighted by molar-refractivity contribution is 5.92. The van der Waals surface area contributed by atoms with Crippen molar-refractivity contribution in [3.63, 3.8) is 0 Å². The molecule has 2 saturated carbocycles. The van der Waals surface area contributed by atoms with Gasteiger partial charge in [-0.2, -0.15) is 0 Å². The minimum atomic E-state index is -0.280. The average molecular weight is 479 g/mol. The van der Waals surface area contributed by atoms with Crippen LogP contribution in [0.1, 0.15) is 55.4 Å². The molecule has 6 heteroatoms. The van der Waals surface area contributed by atoms with Crippen molar-refractivity contribution < 1.29 is 18.7 Å². The van der Waals surface area contributed by atoms with Crippen LogP contribution in [-0.2, 0) is 14.9 Å². The number of amides is 1. The summed E-state index contributed by atoms with van der Waals surface area (Å²) in [6.45, 7) is 5.07. The molecular weight excluding hydrogens is 440 g/mol. The van der Waals surface area contributed by atoms with Gasteiger partial charge in [-0.15, -0.1) is 0 Å². The minimum absolute atomic E-state index is 0.0625. The molecule has 1 N–H and O–H groups in total. The van der Waals surface area contributed by atoms with E-state index in [1.807, 2.05) is 32.2 Å². The van der Waals surface area contributed by atoms with Gasteiger partial charge in [-0.1, -0.05) is 12.1 Å². The van der Waals surface area contributed by atoms with E-state index in [0.29, 0.717) is 0 Å². The van der Waals surface area contributed by atoms with Crippen molar-refractivity contribution >= 4 is 12.0 Å². The number of hydrogen-bond donors (Lipinski definition) is 1. The molecule has 0 bridgehead atoms. The molecule has 6 nitrogen and oxygen atoms in total. The van der Waals surface area contributed by atoms with Crippen LogP contribution in [0.5, 0.6) is 5.75 Å². The summed E-state index contributed by atoms with van der Waals surface area (Å²) in [4.78, 5) is 15.5. The molecule has 0 unspecified atom stereocenters. The van der Waals surface area contributed by atoms with Gasteiger partial charge >= 0.3 is 0 Å². The molecule has 1 aromatic carbocycles. The smallest absolute Gasteiger partial charge is 0.244 e. The Labute approximate surface area is 208 Å². The third kappa shape index (κ3) is 4.78. The summed E-state index contributed by atoms with van der Waals surface area (Å²) in [7, 11) is 3.60. The van der Waals surface area contributed by atoms with Crippen LogP contribution < -0.4 is 10.1 Å². The van der Waals surface area contributed by atoms with Crippen LogP contribution in [0, 0.1) is 12.8 Å². The lowest BCUT2D eigenvalue weighted by Gasteiger charge is -2.60. The van der Waals surface area contributed by atoms with Crippen molar-refractivity contribution in [3.05, 3.63) is 59.6 Å². The van der Waals surface area contributed by atoms with Gasteiger partial charge < -0.3 is 24.1 Å². The molecule has 5 rings (SSSR count). The Bertz CT molecular complexity index is 1070. The minimum Gasteiger partial charge on any atom is -0.497 e. The van der Waals surface area contributed by atoms with Gasteiger partial charge in [0.15, 0.2) is 0 Å². The van der Waals surface area contributed by atoms with Crippen molar-refractivity contribution in [1.29, 1.82) is 0 Å². The summed E-state index contributed by atoms with van der Waals surface area (Å²) in [5.41, 5.74) is 1.72. The van der Waals surface area contributed by atoms with E-state index in [0.717, 1.165) is 61.8 Å². The van der Waals surface area contributed by atoms with Crippen LogP contribution >= 0.6 is 0 Å². The Kier molecular flexibility index (Phi) is 6.78. The SMILES string of the molecule is COc1cccc([C@@]23CCN(CC4CC4)C[C@@]2(OC)CC[C@H](NC(=O)C=Cc2ccoc2C)C3)c1.